The third-order valence-electron chi connectivity index (χ3n) is 8.64. The Kier molecular flexibility index (Phi) is 7.37. The van der Waals surface area contributed by atoms with Gasteiger partial charge in [-0.05, 0) is 74.8 Å². The molecule has 7 nitrogen and oxygen atoms in total. The maximum Gasteiger partial charge on any atom is 0.249 e. The molecule has 2 aromatic rings. The summed E-state index contributed by atoms with van der Waals surface area (Å²) in [5.74, 6) is 0.742. The summed E-state index contributed by atoms with van der Waals surface area (Å²) in [5, 5.41) is 3.30. The summed E-state index contributed by atoms with van der Waals surface area (Å²) in [7, 11) is 0. The fraction of sp³-hybridized carbons (Fsp3) is 0.586. The van der Waals surface area contributed by atoms with Gasteiger partial charge in [-0.2, -0.15) is 0 Å². The van der Waals surface area contributed by atoms with Gasteiger partial charge in [0.15, 0.2) is 6.04 Å². The molecule has 0 radical (unpaired) electrons. The molecular formula is C29H41N5O2. The molecule has 0 spiro atoms. The van der Waals surface area contributed by atoms with Crippen LogP contribution in [0.4, 0.5) is 5.69 Å². The Morgan fingerprint density at radius 1 is 0.972 bits per heavy atom. The molecule has 1 saturated carbocycles. The van der Waals surface area contributed by atoms with Crippen molar-refractivity contribution in [2.45, 2.75) is 65.1 Å². The first-order chi connectivity index (χ1) is 17.4. The fourth-order valence-corrected chi connectivity index (χ4v) is 6.11. The number of anilines is 1. The molecule has 2 aliphatic heterocycles. The lowest BCUT2D eigenvalue weighted by molar-refractivity contribution is -0.144. The van der Waals surface area contributed by atoms with Crippen LogP contribution in [0.25, 0.3) is 0 Å². The van der Waals surface area contributed by atoms with Crippen LogP contribution in [-0.2, 0) is 16.1 Å². The van der Waals surface area contributed by atoms with E-state index in [0.717, 1.165) is 70.0 Å². The molecule has 1 atom stereocenters. The molecule has 1 aliphatic carbocycles. The highest BCUT2D eigenvalue weighted by Crippen LogP contribution is 2.29. The van der Waals surface area contributed by atoms with Gasteiger partial charge < -0.3 is 19.7 Å². The number of piperazine rings is 1. The molecule has 3 aliphatic rings. The molecule has 3 heterocycles. The molecule has 1 N–H and O–H groups in total. The number of hydrogen-bond acceptors (Lipinski definition) is 4. The van der Waals surface area contributed by atoms with Gasteiger partial charge in [0, 0.05) is 57.2 Å². The molecule has 36 heavy (non-hydrogen) atoms. The number of aryl methyl sites for hydroxylation is 1. The number of amides is 2. The number of carbonyl (C=O) groups is 2. The zero-order valence-electron chi connectivity index (χ0n) is 22.1. The summed E-state index contributed by atoms with van der Waals surface area (Å²) < 4.78 is 1.94. The van der Waals surface area contributed by atoms with Gasteiger partial charge in [-0.25, -0.2) is 0 Å². The molecule has 1 aromatic carbocycles. The molecule has 1 unspecified atom stereocenters. The predicted molar refractivity (Wildman–Crippen MR) is 143 cm³/mol. The summed E-state index contributed by atoms with van der Waals surface area (Å²) in [5.41, 5.74) is 4.94. The van der Waals surface area contributed by atoms with Crippen molar-refractivity contribution in [1.82, 2.24) is 19.7 Å². The second-order valence-electron chi connectivity index (χ2n) is 11.1. The summed E-state index contributed by atoms with van der Waals surface area (Å²) in [6.45, 7) is 12.2. The third-order valence-corrected chi connectivity index (χ3v) is 8.64. The molecule has 5 rings (SSSR count). The van der Waals surface area contributed by atoms with Gasteiger partial charge in [-0.15, -0.1) is 0 Å². The molecule has 2 fully saturated rings. The van der Waals surface area contributed by atoms with E-state index in [4.69, 9.17) is 0 Å². The molecule has 1 saturated heterocycles. The molecule has 194 valence electrons. The van der Waals surface area contributed by atoms with Crippen molar-refractivity contribution < 1.29 is 9.59 Å². The average Bonchev–Trinajstić information content (AvgIpc) is 3.33. The van der Waals surface area contributed by atoms with Crippen molar-refractivity contribution >= 4 is 17.5 Å². The Hall–Kier alpha value is -2.80. The van der Waals surface area contributed by atoms with Crippen LogP contribution in [0.2, 0.25) is 0 Å². The third kappa shape index (κ3) is 5.17. The predicted octanol–water partition coefficient (Wildman–Crippen LogP) is 3.51. The number of fused-ring (bicyclic) bond motifs is 1. The van der Waals surface area contributed by atoms with E-state index >= 15 is 0 Å². The lowest BCUT2D eigenvalue weighted by Crippen LogP contribution is -2.54. The topological polar surface area (TPSA) is 60.8 Å². The van der Waals surface area contributed by atoms with E-state index in [0.29, 0.717) is 13.1 Å². The summed E-state index contributed by atoms with van der Waals surface area (Å²) >= 11 is 0. The van der Waals surface area contributed by atoms with E-state index < -0.39 is 6.04 Å². The Morgan fingerprint density at radius 3 is 2.47 bits per heavy atom. The van der Waals surface area contributed by atoms with Crippen LogP contribution in [0.3, 0.4) is 0 Å². The highest BCUT2D eigenvalue weighted by atomic mass is 16.2. The number of aromatic nitrogens is 1. The van der Waals surface area contributed by atoms with Crippen molar-refractivity contribution in [3.63, 3.8) is 0 Å². The Morgan fingerprint density at radius 2 is 1.72 bits per heavy atom. The van der Waals surface area contributed by atoms with Gasteiger partial charge in [0.2, 0.25) is 11.8 Å². The quantitative estimate of drug-likeness (QED) is 0.672. The van der Waals surface area contributed by atoms with Crippen molar-refractivity contribution in [2.24, 2.45) is 5.92 Å². The SMILES string of the molecule is Cc1cccc(N2CCN(CCN3C(=O)Cn4cccc4C3C(=O)NC3CCC(C)CC3)CC2)c1C. The highest BCUT2D eigenvalue weighted by Gasteiger charge is 2.38. The van der Waals surface area contributed by atoms with Crippen molar-refractivity contribution in [3.8, 4) is 0 Å². The Bertz CT molecular complexity index is 1080. The first-order valence-electron chi connectivity index (χ1n) is 13.7. The van der Waals surface area contributed by atoms with Gasteiger partial charge in [-0.3, -0.25) is 14.5 Å². The maximum atomic E-state index is 13.5. The number of nitrogens with one attached hydrogen (secondary N) is 1. The molecular weight excluding hydrogens is 450 g/mol. The van der Waals surface area contributed by atoms with Crippen LogP contribution >= 0.6 is 0 Å². The largest absolute Gasteiger partial charge is 0.369 e. The second-order valence-corrected chi connectivity index (χ2v) is 11.1. The standard InChI is InChI=1S/C29H41N5O2/c1-21-9-11-24(12-10-21)30-29(36)28-26-8-5-13-33(26)20-27(35)34(28)19-16-31-14-17-32(18-15-31)25-7-4-6-22(2)23(25)3/h4-8,13,21,24,28H,9-12,14-20H2,1-3H3,(H,30,36). The fourth-order valence-electron chi connectivity index (χ4n) is 6.11. The second kappa shape index (κ2) is 10.7. The summed E-state index contributed by atoms with van der Waals surface area (Å²) in [6.07, 6.45) is 6.28. The number of rotatable bonds is 6. The van der Waals surface area contributed by atoms with E-state index in [1.807, 2.05) is 27.8 Å². The van der Waals surface area contributed by atoms with E-state index in [2.05, 4.69) is 54.1 Å². The van der Waals surface area contributed by atoms with Crippen molar-refractivity contribution in [1.29, 1.82) is 0 Å². The first-order valence-corrected chi connectivity index (χ1v) is 13.7. The molecule has 1 aromatic heterocycles. The minimum absolute atomic E-state index is 0.0257. The lowest BCUT2D eigenvalue weighted by Gasteiger charge is -2.40. The molecule has 0 bridgehead atoms. The van der Waals surface area contributed by atoms with Crippen LogP contribution in [0.1, 0.15) is 55.5 Å². The smallest absolute Gasteiger partial charge is 0.249 e. The van der Waals surface area contributed by atoms with Gasteiger partial charge >= 0.3 is 0 Å². The summed E-state index contributed by atoms with van der Waals surface area (Å²) in [4.78, 5) is 33.4. The van der Waals surface area contributed by atoms with Crippen molar-refractivity contribution in [3.05, 3.63) is 53.3 Å². The van der Waals surface area contributed by atoms with Crippen LogP contribution in [0.5, 0.6) is 0 Å². The van der Waals surface area contributed by atoms with E-state index in [-0.39, 0.29) is 17.9 Å². The monoisotopic (exact) mass is 491 g/mol. The number of hydrogen-bond donors (Lipinski definition) is 1. The average molecular weight is 492 g/mol. The van der Waals surface area contributed by atoms with Crippen LogP contribution < -0.4 is 10.2 Å². The number of benzene rings is 1. The van der Waals surface area contributed by atoms with E-state index in [9.17, 15) is 9.59 Å². The van der Waals surface area contributed by atoms with Gasteiger partial charge in [0.05, 0.1) is 5.69 Å². The van der Waals surface area contributed by atoms with Gasteiger partial charge in [0.1, 0.15) is 6.54 Å². The minimum atomic E-state index is -0.545. The van der Waals surface area contributed by atoms with Crippen molar-refractivity contribution in [2.75, 3.05) is 44.2 Å². The Balaban J connectivity index is 1.22. The van der Waals surface area contributed by atoms with Crippen LogP contribution in [-0.4, -0.2) is 71.5 Å². The zero-order valence-corrected chi connectivity index (χ0v) is 22.1. The summed E-state index contributed by atoms with van der Waals surface area (Å²) in [6, 6.07) is 10.1. The van der Waals surface area contributed by atoms with E-state index in [1.165, 1.54) is 16.8 Å². The number of carbonyl (C=O) groups excluding carboxylic acids is 2. The van der Waals surface area contributed by atoms with Gasteiger partial charge in [-0.1, -0.05) is 19.1 Å². The normalized spacial score (nSPS) is 25.1. The Labute approximate surface area is 215 Å². The first kappa shape index (κ1) is 24.9. The maximum absolute atomic E-state index is 13.5. The van der Waals surface area contributed by atoms with Gasteiger partial charge in [0.25, 0.3) is 0 Å². The van der Waals surface area contributed by atoms with Crippen LogP contribution in [0, 0.1) is 19.8 Å². The molecule has 2 amide bonds. The number of nitrogens with zero attached hydrogens (tertiary/aromatic N) is 4. The minimum Gasteiger partial charge on any atom is -0.369 e. The zero-order chi connectivity index (χ0) is 25.2. The molecule has 7 heteroatoms. The van der Waals surface area contributed by atoms with E-state index in [1.54, 1.807) is 0 Å². The lowest BCUT2D eigenvalue weighted by atomic mass is 9.87. The highest BCUT2D eigenvalue weighted by molar-refractivity contribution is 5.90. The van der Waals surface area contributed by atoms with Crippen LogP contribution in [0.15, 0.2) is 36.5 Å².